The molecule has 0 saturated carbocycles. The molecule has 0 saturated heterocycles. The van der Waals surface area contributed by atoms with Crippen LogP contribution in [0.3, 0.4) is 0 Å². The van der Waals surface area contributed by atoms with Crippen LogP contribution in [0, 0.1) is 5.92 Å². The molecule has 1 aliphatic carbocycles. The van der Waals surface area contributed by atoms with E-state index in [9.17, 15) is 4.79 Å². The molecule has 2 aromatic rings. The Morgan fingerprint density at radius 1 is 1.24 bits per heavy atom. The van der Waals surface area contributed by atoms with Gasteiger partial charge in [-0.1, -0.05) is 35.9 Å². The van der Waals surface area contributed by atoms with Crippen molar-refractivity contribution in [2.75, 3.05) is 12.4 Å². The Bertz CT molecular complexity index is 860. The summed E-state index contributed by atoms with van der Waals surface area (Å²) in [5.41, 5.74) is 3.37. The van der Waals surface area contributed by atoms with Gasteiger partial charge in [-0.2, -0.15) is 0 Å². The summed E-state index contributed by atoms with van der Waals surface area (Å²) in [5, 5.41) is 13.4. The van der Waals surface area contributed by atoms with E-state index in [1.807, 2.05) is 24.3 Å². The quantitative estimate of drug-likeness (QED) is 0.771. The molecule has 3 atom stereocenters. The largest absolute Gasteiger partial charge is 0.495 e. The number of ether oxygens (including phenoxy) is 1. The van der Waals surface area contributed by atoms with Crippen molar-refractivity contribution in [1.29, 1.82) is 0 Å². The standard InChI is InChI=1S/C20H18ClNO3/c1-25-16-10-9-15(21)17-13-3-2-4-14(13)18(22-19(16)17)11-5-7-12(8-6-11)20(23)24/h2-3,5-10,13-14,18,22H,4H2,1H3,(H,23,24). The van der Waals surface area contributed by atoms with Crippen molar-refractivity contribution in [3.8, 4) is 5.75 Å². The average Bonchev–Trinajstić information content (AvgIpc) is 3.11. The molecule has 5 heteroatoms. The molecule has 3 unspecified atom stereocenters. The minimum Gasteiger partial charge on any atom is -0.495 e. The molecular weight excluding hydrogens is 338 g/mol. The van der Waals surface area contributed by atoms with E-state index in [1.54, 1.807) is 19.2 Å². The topological polar surface area (TPSA) is 58.6 Å². The number of carboxylic acid groups (broad SMARTS) is 1. The second-order valence-corrected chi connectivity index (χ2v) is 6.85. The van der Waals surface area contributed by atoms with Gasteiger partial charge < -0.3 is 15.2 Å². The lowest BCUT2D eigenvalue weighted by molar-refractivity contribution is 0.0697. The average molecular weight is 356 g/mol. The van der Waals surface area contributed by atoms with Crippen LogP contribution in [-0.4, -0.2) is 18.2 Å². The van der Waals surface area contributed by atoms with Crippen LogP contribution in [-0.2, 0) is 0 Å². The molecule has 2 N–H and O–H groups in total. The first-order valence-electron chi connectivity index (χ1n) is 8.23. The number of hydrogen-bond acceptors (Lipinski definition) is 3. The fraction of sp³-hybridized carbons (Fsp3) is 0.250. The number of nitrogens with one attached hydrogen (secondary N) is 1. The third kappa shape index (κ3) is 2.57. The molecule has 0 spiro atoms. The van der Waals surface area contributed by atoms with Gasteiger partial charge in [0, 0.05) is 16.5 Å². The molecule has 0 bridgehead atoms. The Hall–Kier alpha value is -2.46. The van der Waals surface area contributed by atoms with Crippen molar-refractivity contribution in [3.63, 3.8) is 0 Å². The fourth-order valence-electron chi connectivity index (χ4n) is 3.97. The van der Waals surface area contributed by atoms with Crippen molar-refractivity contribution >= 4 is 23.3 Å². The Kier molecular flexibility index (Phi) is 3.92. The molecule has 0 amide bonds. The van der Waals surface area contributed by atoms with Gasteiger partial charge in [-0.25, -0.2) is 4.79 Å². The molecular formula is C20H18ClNO3. The lowest BCUT2D eigenvalue weighted by Crippen LogP contribution is -2.29. The van der Waals surface area contributed by atoms with E-state index in [-0.39, 0.29) is 12.0 Å². The summed E-state index contributed by atoms with van der Waals surface area (Å²) in [6, 6.07) is 10.9. The second-order valence-electron chi connectivity index (χ2n) is 6.44. The summed E-state index contributed by atoms with van der Waals surface area (Å²) in [6.45, 7) is 0. The van der Waals surface area contributed by atoms with Crippen LogP contribution < -0.4 is 10.1 Å². The van der Waals surface area contributed by atoms with E-state index in [0.717, 1.165) is 34.0 Å². The second kappa shape index (κ2) is 6.12. The van der Waals surface area contributed by atoms with Crippen LogP contribution in [0.25, 0.3) is 0 Å². The first kappa shape index (κ1) is 16.0. The van der Waals surface area contributed by atoms with Gasteiger partial charge in [0.05, 0.1) is 24.4 Å². The highest BCUT2D eigenvalue weighted by molar-refractivity contribution is 6.32. The molecule has 0 radical (unpaired) electrons. The van der Waals surface area contributed by atoms with Gasteiger partial charge in [-0.15, -0.1) is 0 Å². The Balaban J connectivity index is 1.79. The van der Waals surface area contributed by atoms with Crippen LogP contribution in [0.5, 0.6) is 5.75 Å². The molecule has 4 nitrogen and oxygen atoms in total. The number of allylic oxidation sites excluding steroid dienone is 2. The summed E-state index contributed by atoms with van der Waals surface area (Å²) >= 11 is 6.49. The summed E-state index contributed by atoms with van der Waals surface area (Å²) in [5.74, 6) is 0.420. The Morgan fingerprint density at radius 2 is 2.00 bits per heavy atom. The van der Waals surface area contributed by atoms with Crippen molar-refractivity contribution in [1.82, 2.24) is 0 Å². The summed E-state index contributed by atoms with van der Waals surface area (Å²) in [4.78, 5) is 11.1. The first-order valence-corrected chi connectivity index (χ1v) is 8.60. The Morgan fingerprint density at radius 3 is 2.68 bits per heavy atom. The first-order chi connectivity index (χ1) is 12.1. The Labute approximate surface area is 151 Å². The molecule has 2 aliphatic rings. The number of hydrogen-bond donors (Lipinski definition) is 2. The van der Waals surface area contributed by atoms with Crippen molar-refractivity contribution in [3.05, 3.63) is 70.3 Å². The van der Waals surface area contributed by atoms with Gasteiger partial charge >= 0.3 is 5.97 Å². The van der Waals surface area contributed by atoms with Crippen LogP contribution in [0.4, 0.5) is 5.69 Å². The predicted octanol–water partition coefficient (Wildman–Crippen LogP) is 4.87. The van der Waals surface area contributed by atoms with E-state index in [0.29, 0.717) is 11.5 Å². The number of anilines is 1. The van der Waals surface area contributed by atoms with Gasteiger partial charge in [0.2, 0.25) is 0 Å². The van der Waals surface area contributed by atoms with Gasteiger partial charge in [0.15, 0.2) is 0 Å². The van der Waals surface area contributed by atoms with Crippen molar-refractivity contribution in [2.24, 2.45) is 5.92 Å². The van der Waals surface area contributed by atoms with Gasteiger partial charge in [0.1, 0.15) is 5.75 Å². The normalized spacial score (nSPS) is 23.5. The van der Waals surface area contributed by atoms with Crippen molar-refractivity contribution in [2.45, 2.75) is 18.4 Å². The molecule has 4 rings (SSSR count). The molecule has 25 heavy (non-hydrogen) atoms. The van der Waals surface area contributed by atoms with Gasteiger partial charge in [-0.05, 0) is 42.2 Å². The zero-order valence-electron chi connectivity index (χ0n) is 13.7. The predicted molar refractivity (Wildman–Crippen MR) is 97.8 cm³/mol. The number of rotatable bonds is 3. The van der Waals surface area contributed by atoms with Crippen molar-refractivity contribution < 1.29 is 14.6 Å². The smallest absolute Gasteiger partial charge is 0.335 e. The minimum absolute atomic E-state index is 0.0720. The molecule has 1 aliphatic heterocycles. The monoisotopic (exact) mass is 355 g/mol. The van der Waals surface area contributed by atoms with E-state index >= 15 is 0 Å². The fourth-order valence-corrected chi connectivity index (χ4v) is 4.25. The van der Waals surface area contributed by atoms with Crippen LogP contribution in [0.2, 0.25) is 5.02 Å². The zero-order chi connectivity index (χ0) is 17.6. The highest BCUT2D eigenvalue weighted by atomic mass is 35.5. The molecule has 2 aromatic carbocycles. The third-order valence-corrected chi connectivity index (χ3v) is 5.49. The zero-order valence-corrected chi connectivity index (χ0v) is 14.5. The van der Waals surface area contributed by atoms with E-state index in [1.165, 1.54) is 0 Å². The van der Waals surface area contributed by atoms with E-state index in [2.05, 4.69) is 17.5 Å². The maximum atomic E-state index is 11.1. The number of benzene rings is 2. The van der Waals surface area contributed by atoms with Crippen LogP contribution in [0.15, 0.2) is 48.6 Å². The molecule has 128 valence electrons. The number of carboxylic acids is 1. The van der Waals surface area contributed by atoms with E-state index in [4.69, 9.17) is 21.4 Å². The van der Waals surface area contributed by atoms with Crippen LogP contribution in [0.1, 0.15) is 39.9 Å². The van der Waals surface area contributed by atoms with Crippen LogP contribution >= 0.6 is 11.6 Å². The summed E-state index contributed by atoms with van der Waals surface area (Å²) in [7, 11) is 1.65. The maximum absolute atomic E-state index is 11.1. The van der Waals surface area contributed by atoms with E-state index < -0.39 is 5.97 Å². The summed E-state index contributed by atoms with van der Waals surface area (Å²) < 4.78 is 5.53. The number of fused-ring (bicyclic) bond motifs is 3. The highest BCUT2D eigenvalue weighted by Gasteiger charge is 2.40. The SMILES string of the molecule is COc1ccc(Cl)c2c1NC(c1ccc(C(=O)O)cc1)C1CC=CC21. The number of methoxy groups -OCH3 is 1. The lowest BCUT2D eigenvalue weighted by Gasteiger charge is -2.38. The molecule has 1 heterocycles. The third-order valence-electron chi connectivity index (χ3n) is 5.17. The summed E-state index contributed by atoms with van der Waals surface area (Å²) in [6.07, 6.45) is 5.37. The number of aromatic carboxylic acids is 1. The lowest BCUT2D eigenvalue weighted by atomic mass is 9.76. The number of carbonyl (C=O) groups is 1. The number of halogens is 1. The minimum atomic E-state index is -0.914. The molecule has 0 fully saturated rings. The van der Waals surface area contributed by atoms with Gasteiger partial charge in [-0.3, -0.25) is 0 Å². The maximum Gasteiger partial charge on any atom is 0.335 e. The van der Waals surface area contributed by atoms with Gasteiger partial charge in [0.25, 0.3) is 0 Å². The molecule has 0 aromatic heterocycles. The highest BCUT2D eigenvalue weighted by Crippen LogP contribution is 2.54.